The van der Waals surface area contributed by atoms with Gasteiger partial charge >= 0.3 is 0 Å². The first-order valence-electron chi connectivity index (χ1n) is 7.72. The molecule has 0 unspecified atom stereocenters. The molecule has 0 spiro atoms. The van der Waals surface area contributed by atoms with Crippen molar-refractivity contribution >= 4 is 16.8 Å². The average Bonchev–Trinajstić information content (AvgIpc) is 2.90. The summed E-state index contributed by atoms with van der Waals surface area (Å²) >= 11 is 0. The quantitative estimate of drug-likeness (QED) is 0.749. The molecule has 24 heavy (non-hydrogen) atoms. The van der Waals surface area contributed by atoms with Crippen LogP contribution in [0.1, 0.15) is 21.5 Å². The third-order valence-electron chi connectivity index (χ3n) is 4.27. The molecule has 0 amide bonds. The maximum Gasteiger partial charge on any atom is 0.188 e. The van der Waals surface area contributed by atoms with Gasteiger partial charge in [-0.3, -0.25) is 4.79 Å². The Labute approximate surface area is 140 Å². The largest absolute Gasteiger partial charge is 0.496 e. The number of nitrogens with zero attached hydrogens (tertiary/aromatic N) is 2. The van der Waals surface area contributed by atoms with Crippen molar-refractivity contribution in [3.8, 4) is 17.1 Å². The fourth-order valence-electron chi connectivity index (χ4n) is 3.12. The van der Waals surface area contributed by atoms with Gasteiger partial charge in [-0.05, 0) is 55.3 Å². The molecule has 1 heterocycles. The highest BCUT2D eigenvalue weighted by Crippen LogP contribution is 2.31. The number of methoxy groups -OCH3 is 1. The Morgan fingerprint density at radius 2 is 1.88 bits per heavy atom. The monoisotopic (exact) mass is 324 g/mol. The van der Waals surface area contributed by atoms with Gasteiger partial charge in [-0.25, -0.2) is 4.98 Å². The van der Waals surface area contributed by atoms with E-state index in [4.69, 9.17) is 9.84 Å². The number of benzene rings is 2. The van der Waals surface area contributed by atoms with Gasteiger partial charge in [0.05, 0.1) is 18.1 Å². The number of fused-ring (bicyclic) bond motifs is 1. The smallest absolute Gasteiger partial charge is 0.188 e. The van der Waals surface area contributed by atoms with E-state index in [0.29, 0.717) is 5.56 Å². The molecule has 0 aliphatic rings. The summed E-state index contributed by atoms with van der Waals surface area (Å²) < 4.78 is 7.43. The van der Waals surface area contributed by atoms with Crippen molar-refractivity contribution in [3.63, 3.8) is 0 Å². The minimum Gasteiger partial charge on any atom is -0.496 e. The lowest BCUT2D eigenvalue weighted by Crippen LogP contribution is -2.03. The number of imidazole rings is 1. The third-order valence-corrected chi connectivity index (χ3v) is 4.27. The molecule has 5 nitrogen and oxygen atoms in total. The van der Waals surface area contributed by atoms with Crippen LogP contribution in [0.15, 0.2) is 30.3 Å². The summed E-state index contributed by atoms with van der Waals surface area (Å²) in [4.78, 5) is 16.4. The number of aromatic nitrogens is 2. The zero-order valence-corrected chi connectivity index (χ0v) is 14.3. The molecule has 124 valence electrons. The van der Waals surface area contributed by atoms with E-state index in [9.17, 15) is 4.79 Å². The molecule has 0 atom stereocenters. The van der Waals surface area contributed by atoms with Gasteiger partial charge in [0.1, 0.15) is 18.2 Å². The van der Waals surface area contributed by atoms with Gasteiger partial charge in [0.15, 0.2) is 5.78 Å². The molecule has 0 radical (unpaired) electrons. The van der Waals surface area contributed by atoms with Crippen LogP contribution in [-0.4, -0.2) is 34.2 Å². The van der Waals surface area contributed by atoms with Crippen molar-refractivity contribution in [2.75, 3.05) is 13.7 Å². The van der Waals surface area contributed by atoms with Crippen molar-refractivity contribution in [3.05, 3.63) is 47.0 Å². The first kappa shape index (κ1) is 16.2. The van der Waals surface area contributed by atoms with Crippen molar-refractivity contribution in [1.29, 1.82) is 0 Å². The molecule has 1 N–H and O–H groups in total. The number of ketones is 1. The van der Waals surface area contributed by atoms with Crippen LogP contribution in [0.5, 0.6) is 5.75 Å². The number of aliphatic hydroxyl groups is 1. The van der Waals surface area contributed by atoms with Crippen LogP contribution in [-0.2, 0) is 7.05 Å². The van der Waals surface area contributed by atoms with E-state index in [-0.39, 0.29) is 5.78 Å². The minimum absolute atomic E-state index is 0.305. The molecule has 3 aromatic rings. The molecule has 0 aliphatic heterocycles. The molecular weight excluding hydrogens is 304 g/mol. The summed E-state index contributed by atoms with van der Waals surface area (Å²) in [6.45, 7) is 3.52. The Bertz CT molecular complexity index is 918. The summed E-state index contributed by atoms with van der Waals surface area (Å²) in [6, 6.07) is 9.40. The molecule has 0 saturated heterocycles. The predicted molar refractivity (Wildman–Crippen MR) is 93.6 cm³/mol. The summed E-state index contributed by atoms with van der Waals surface area (Å²) in [5.74, 6) is 1.40. The first-order valence-corrected chi connectivity index (χ1v) is 7.72. The number of hydrogen-bond acceptors (Lipinski definition) is 4. The average molecular weight is 324 g/mol. The standard InChI is InChI=1S/C19H20N2O3/c1-11-7-14(8-12(2)18(11)24-4)19-20-15-9-13(17(23)10-22)5-6-16(15)21(19)3/h5-9,22H,10H2,1-4H3. The Hall–Kier alpha value is -2.66. The zero-order valence-electron chi connectivity index (χ0n) is 14.3. The molecule has 1 aromatic heterocycles. The summed E-state index contributed by atoms with van der Waals surface area (Å²) in [5, 5.41) is 9.02. The predicted octanol–water partition coefficient (Wildman–Crippen LogP) is 3.04. The highest BCUT2D eigenvalue weighted by atomic mass is 16.5. The van der Waals surface area contributed by atoms with Gasteiger partial charge in [-0.15, -0.1) is 0 Å². The van der Waals surface area contributed by atoms with E-state index in [0.717, 1.165) is 39.3 Å². The van der Waals surface area contributed by atoms with Crippen molar-refractivity contribution in [2.24, 2.45) is 7.05 Å². The topological polar surface area (TPSA) is 64.3 Å². The summed E-state index contributed by atoms with van der Waals surface area (Å²) in [5.41, 5.74) is 5.24. The maximum absolute atomic E-state index is 11.7. The Kier molecular flexibility index (Phi) is 4.11. The molecule has 5 heteroatoms. The van der Waals surface area contributed by atoms with Crippen LogP contribution in [0, 0.1) is 13.8 Å². The van der Waals surface area contributed by atoms with Gasteiger partial charge < -0.3 is 14.4 Å². The van der Waals surface area contributed by atoms with Crippen LogP contribution < -0.4 is 4.74 Å². The Morgan fingerprint density at radius 1 is 1.21 bits per heavy atom. The van der Waals surface area contributed by atoms with Crippen LogP contribution in [0.4, 0.5) is 0 Å². The normalized spacial score (nSPS) is 11.0. The van der Waals surface area contributed by atoms with E-state index < -0.39 is 6.61 Å². The highest BCUT2D eigenvalue weighted by molar-refractivity contribution is 6.00. The minimum atomic E-state index is -0.498. The number of carbonyl (C=O) groups excluding carboxylic acids is 1. The first-order chi connectivity index (χ1) is 11.5. The molecule has 0 fully saturated rings. The fourth-order valence-corrected chi connectivity index (χ4v) is 3.12. The zero-order chi connectivity index (χ0) is 17.4. The second-order valence-electron chi connectivity index (χ2n) is 5.92. The van der Waals surface area contributed by atoms with Gasteiger partial charge in [0.25, 0.3) is 0 Å². The van der Waals surface area contributed by atoms with E-state index in [1.807, 2.05) is 43.7 Å². The van der Waals surface area contributed by atoms with Gasteiger partial charge in [-0.2, -0.15) is 0 Å². The number of Topliss-reactive ketones (excluding diaryl/α,β-unsaturated/α-hetero) is 1. The van der Waals surface area contributed by atoms with E-state index in [2.05, 4.69) is 4.98 Å². The lowest BCUT2D eigenvalue weighted by Gasteiger charge is -2.11. The van der Waals surface area contributed by atoms with Crippen LogP contribution in [0.2, 0.25) is 0 Å². The summed E-state index contributed by atoms with van der Waals surface area (Å²) in [6.07, 6.45) is 0. The fraction of sp³-hybridized carbons (Fsp3) is 0.263. The van der Waals surface area contributed by atoms with Crippen LogP contribution in [0.25, 0.3) is 22.4 Å². The lowest BCUT2D eigenvalue weighted by atomic mass is 10.1. The van der Waals surface area contributed by atoms with Gasteiger partial charge in [-0.1, -0.05) is 0 Å². The number of aliphatic hydroxyl groups excluding tert-OH is 1. The molecular formula is C19H20N2O3. The maximum atomic E-state index is 11.7. The third kappa shape index (κ3) is 2.57. The molecule has 0 bridgehead atoms. The van der Waals surface area contributed by atoms with E-state index in [1.165, 1.54) is 0 Å². The van der Waals surface area contributed by atoms with Crippen molar-refractivity contribution < 1.29 is 14.6 Å². The van der Waals surface area contributed by atoms with Gasteiger partial charge in [0.2, 0.25) is 0 Å². The highest BCUT2D eigenvalue weighted by Gasteiger charge is 2.14. The summed E-state index contributed by atoms with van der Waals surface area (Å²) in [7, 11) is 3.62. The van der Waals surface area contributed by atoms with E-state index >= 15 is 0 Å². The molecule has 0 saturated carbocycles. The van der Waals surface area contributed by atoms with E-state index in [1.54, 1.807) is 19.2 Å². The number of carbonyl (C=O) groups is 1. The number of aryl methyl sites for hydroxylation is 3. The Morgan fingerprint density at radius 3 is 2.46 bits per heavy atom. The lowest BCUT2D eigenvalue weighted by molar-refractivity contribution is 0.0904. The second kappa shape index (κ2) is 6.09. The Balaban J connectivity index is 2.17. The second-order valence-corrected chi connectivity index (χ2v) is 5.92. The van der Waals surface area contributed by atoms with Crippen molar-refractivity contribution in [1.82, 2.24) is 9.55 Å². The molecule has 0 aliphatic carbocycles. The number of ether oxygens (including phenoxy) is 1. The van der Waals surface area contributed by atoms with Crippen LogP contribution in [0.3, 0.4) is 0 Å². The molecule has 3 rings (SSSR count). The number of rotatable bonds is 4. The SMILES string of the molecule is COc1c(C)cc(-c2nc3cc(C(=O)CO)ccc3n2C)cc1C. The van der Waals surface area contributed by atoms with Crippen LogP contribution >= 0.6 is 0 Å². The molecule has 2 aromatic carbocycles. The van der Waals surface area contributed by atoms with Gasteiger partial charge in [0, 0.05) is 18.2 Å². The number of hydrogen-bond donors (Lipinski definition) is 1. The van der Waals surface area contributed by atoms with Crippen molar-refractivity contribution in [2.45, 2.75) is 13.8 Å².